The first kappa shape index (κ1) is 20.2. The first-order valence-electron chi connectivity index (χ1n) is 10.6. The number of anilines is 1. The summed E-state index contributed by atoms with van der Waals surface area (Å²) in [6.07, 6.45) is 0. The molecule has 1 aliphatic heterocycles. The van der Waals surface area contributed by atoms with Crippen molar-refractivity contribution in [1.82, 2.24) is 5.32 Å². The first-order valence-corrected chi connectivity index (χ1v) is 10.6. The normalized spacial score (nSPS) is 15.7. The number of fused-ring (bicyclic) bond motifs is 1. The minimum absolute atomic E-state index is 0.0159. The highest BCUT2D eigenvalue weighted by atomic mass is 16.5. The van der Waals surface area contributed by atoms with Crippen LogP contribution in [0.1, 0.15) is 18.5 Å². The maximum absolute atomic E-state index is 12.7. The van der Waals surface area contributed by atoms with Crippen molar-refractivity contribution in [3.05, 3.63) is 72.3 Å². The van der Waals surface area contributed by atoms with Crippen molar-refractivity contribution in [2.45, 2.75) is 13.0 Å². The van der Waals surface area contributed by atoms with Gasteiger partial charge in [-0.1, -0.05) is 54.6 Å². The lowest BCUT2D eigenvalue weighted by Crippen LogP contribution is -3.15. The zero-order chi connectivity index (χ0) is 20.9. The minimum atomic E-state index is -0.0159. The average Bonchev–Trinajstić information content (AvgIpc) is 2.79. The van der Waals surface area contributed by atoms with Crippen molar-refractivity contribution in [3.8, 4) is 5.75 Å². The summed E-state index contributed by atoms with van der Waals surface area (Å²) in [6, 6.07) is 22.7. The molecule has 1 saturated heterocycles. The lowest BCUT2D eigenvalue weighted by molar-refractivity contribution is -0.892. The lowest BCUT2D eigenvalue weighted by atomic mass is 10.00. The molecule has 0 aliphatic carbocycles. The molecule has 1 atom stereocenters. The third-order valence-electron chi connectivity index (χ3n) is 5.97. The molecule has 1 heterocycles. The molecule has 5 nitrogen and oxygen atoms in total. The molecule has 30 heavy (non-hydrogen) atoms. The van der Waals surface area contributed by atoms with Gasteiger partial charge in [0, 0.05) is 0 Å². The van der Waals surface area contributed by atoms with E-state index < -0.39 is 0 Å². The number of nitrogens with zero attached hydrogens (tertiary/aromatic N) is 1. The van der Waals surface area contributed by atoms with E-state index in [9.17, 15) is 4.79 Å². The van der Waals surface area contributed by atoms with Gasteiger partial charge in [0.1, 0.15) is 5.75 Å². The molecule has 0 spiro atoms. The van der Waals surface area contributed by atoms with Gasteiger partial charge in [-0.05, 0) is 35.4 Å². The first-order chi connectivity index (χ1) is 14.7. The van der Waals surface area contributed by atoms with Crippen LogP contribution in [-0.2, 0) is 4.79 Å². The number of quaternary nitrogens is 1. The summed E-state index contributed by atoms with van der Waals surface area (Å²) in [5.74, 6) is 1.01. The van der Waals surface area contributed by atoms with Crippen LogP contribution in [0.5, 0.6) is 5.75 Å². The summed E-state index contributed by atoms with van der Waals surface area (Å²) in [5.41, 5.74) is 2.30. The number of para-hydroxylation sites is 2. The Labute approximate surface area is 178 Å². The quantitative estimate of drug-likeness (QED) is 0.663. The second-order valence-corrected chi connectivity index (χ2v) is 7.94. The Morgan fingerprint density at radius 1 is 1.03 bits per heavy atom. The van der Waals surface area contributed by atoms with E-state index in [-0.39, 0.29) is 11.9 Å². The van der Waals surface area contributed by atoms with Crippen LogP contribution in [0.3, 0.4) is 0 Å². The molecule has 0 bridgehead atoms. The van der Waals surface area contributed by atoms with Crippen molar-refractivity contribution in [2.75, 3.05) is 44.7 Å². The number of benzene rings is 3. The maximum atomic E-state index is 12.7. The van der Waals surface area contributed by atoms with Gasteiger partial charge in [0.25, 0.3) is 5.91 Å². The van der Waals surface area contributed by atoms with Crippen LogP contribution < -0.4 is 19.9 Å². The second kappa shape index (κ2) is 9.18. The van der Waals surface area contributed by atoms with Crippen LogP contribution in [-0.4, -0.2) is 45.7 Å². The highest BCUT2D eigenvalue weighted by Crippen LogP contribution is 2.27. The number of amides is 1. The standard InChI is InChI=1S/C25H29N3O2/c1-19(21-11-7-9-20-8-3-4-10-22(20)21)26-25(29)18-27-14-16-28(17-15-27)23-12-5-6-13-24(23)30-2/h3-13,19H,14-18H2,1-2H3,(H,26,29)/p+1/t19-/m1/s1. The van der Waals surface area contributed by atoms with Crippen LogP contribution in [0.2, 0.25) is 0 Å². The molecular formula is C25H30N3O2+. The van der Waals surface area contributed by atoms with Crippen molar-refractivity contribution in [2.24, 2.45) is 0 Å². The molecule has 156 valence electrons. The van der Waals surface area contributed by atoms with Crippen molar-refractivity contribution >= 4 is 22.4 Å². The molecule has 3 aromatic rings. The Hall–Kier alpha value is -3.05. The van der Waals surface area contributed by atoms with E-state index in [1.54, 1.807) is 7.11 Å². The number of methoxy groups -OCH3 is 1. The van der Waals surface area contributed by atoms with Gasteiger partial charge in [0.15, 0.2) is 6.54 Å². The van der Waals surface area contributed by atoms with E-state index in [4.69, 9.17) is 4.74 Å². The Bertz CT molecular complexity index is 1010. The lowest BCUT2D eigenvalue weighted by Gasteiger charge is -2.34. The van der Waals surface area contributed by atoms with Crippen molar-refractivity contribution < 1.29 is 14.4 Å². The van der Waals surface area contributed by atoms with E-state index >= 15 is 0 Å². The Morgan fingerprint density at radius 2 is 1.73 bits per heavy atom. The van der Waals surface area contributed by atoms with E-state index in [0.29, 0.717) is 6.54 Å². The van der Waals surface area contributed by atoms with Gasteiger partial charge >= 0.3 is 0 Å². The largest absolute Gasteiger partial charge is 0.495 e. The number of hydrogen-bond acceptors (Lipinski definition) is 3. The molecule has 0 aromatic heterocycles. The minimum Gasteiger partial charge on any atom is -0.495 e. The van der Waals surface area contributed by atoms with Crippen LogP contribution in [0.25, 0.3) is 10.8 Å². The number of ether oxygens (including phenoxy) is 1. The van der Waals surface area contributed by atoms with Crippen molar-refractivity contribution in [1.29, 1.82) is 0 Å². The van der Waals surface area contributed by atoms with E-state index in [0.717, 1.165) is 43.2 Å². The fourth-order valence-electron chi connectivity index (χ4n) is 4.36. The SMILES string of the molecule is COc1ccccc1N1CC[NH+](CC(=O)N[C@H](C)c2cccc3ccccc23)CC1. The molecule has 0 saturated carbocycles. The molecule has 1 amide bonds. The third-order valence-corrected chi connectivity index (χ3v) is 5.97. The van der Waals surface area contributed by atoms with E-state index in [1.165, 1.54) is 15.7 Å². The zero-order valence-corrected chi connectivity index (χ0v) is 17.7. The predicted octanol–water partition coefficient (Wildman–Crippen LogP) is 2.43. The summed E-state index contributed by atoms with van der Waals surface area (Å²) in [6.45, 7) is 6.29. The highest BCUT2D eigenvalue weighted by Gasteiger charge is 2.24. The summed E-state index contributed by atoms with van der Waals surface area (Å²) in [5, 5.41) is 5.61. The molecule has 5 heteroatoms. The topological polar surface area (TPSA) is 46.0 Å². The Balaban J connectivity index is 1.33. The molecule has 1 aliphatic rings. The van der Waals surface area contributed by atoms with Gasteiger partial charge in [-0.15, -0.1) is 0 Å². The summed E-state index contributed by atoms with van der Waals surface area (Å²) in [4.78, 5) is 16.4. The van der Waals surface area contributed by atoms with Gasteiger partial charge in [0.2, 0.25) is 0 Å². The third kappa shape index (κ3) is 4.41. The molecule has 2 N–H and O–H groups in total. The fraction of sp³-hybridized carbons (Fsp3) is 0.320. The molecule has 0 unspecified atom stereocenters. The van der Waals surface area contributed by atoms with Gasteiger partial charge in [-0.2, -0.15) is 0 Å². The molecule has 0 radical (unpaired) electrons. The summed E-state index contributed by atoms with van der Waals surface area (Å²) >= 11 is 0. The Kier molecular flexibility index (Phi) is 6.19. The van der Waals surface area contributed by atoms with Gasteiger partial charge < -0.3 is 19.9 Å². The summed E-state index contributed by atoms with van der Waals surface area (Å²) < 4.78 is 5.49. The van der Waals surface area contributed by atoms with Crippen molar-refractivity contribution in [3.63, 3.8) is 0 Å². The molecule has 1 fully saturated rings. The van der Waals surface area contributed by atoms with Crippen LogP contribution in [0.15, 0.2) is 66.7 Å². The summed E-state index contributed by atoms with van der Waals surface area (Å²) in [7, 11) is 1.71. The predicted molar refractivity (Wildman–Crippen MR) is 121 cm³/mol. The number of nitrogens with one attached hydrogen (secondary N) is 2. The molecule has 3 aromatic carbocycles. The molecular weight excluding hydrogens is 374 g/mol. The number of piperazine rings is 1. The van der Waals surface area contributed by atoms with Gasteiger partial charge in [0.05, 0.1) is 45.0 Å². The zero-order valence-electron chi connectivity index (χ0n) is 17.7. The number of carbonyl (C=O) groups is 1. The average molecular weight is 405 g/mol. The number of hydrogen-bond donors (Lipinski definition) is 2. The van der Waals surface area contributed by atoms with E-state index in [1.807, 2.05) is 30.3 Å². The van der Waals surface area contributed by atoms with Crippen LogP contribution in [0, 0.1) is 0 Å². The maximum Gasteiger partial charge on any atom is 0.275 e. The van der Waals surface area contributed by atoms with Gasteiger partial charge in [-0.25, -0.2) is 0 Å². The monoisotopic (exact) mass is 404 g/mol. The highest BCUT2D eigenvalue weighted by molar-refractivity contribution is 5.87. The smallest absolute Gasteiger partial charge is 0.275 e. The second-order valence-electron chi connectivity index (χ2n) is 7.94. The number of carbonyl (C=O) groups excluding carboxylic acids is 1. The fourth-order valence-corrected chi connectivity index (χ4v) is 4.36. The van der Waals surface area contributed by atoms with Gasteiger partial charge in [-0.3, -0.25) is 4.79 Å². The van der Waals surface area contributed by atoms with Crippen LogP contribution in [0.4, 0.5) is 5.69 Å². The van der Waals surface area contributed by atoms with E-state index in [2.05, 4.69) is 53.5 Å². The molecule has 4 rings (SSSR count). The Morgan fingerprint density at radius 3 is 2.53 bits per heavy atom. The number of rotatable bonds is 6. The van der Waals surface area contributed by atoms with Crippen LogP contribution >= 0.6 is 0 Å².